The fraction of sp³-hybridized carbons (Fsp3) is 0.217. The number of amides is 3. The first kappa shape index (κ1) is 25.7. The summed E-state index contributed by atoms with van der Waals surface area (Å²) in [7, 11) is 3.10. The lowest BCUT2D eigenvalue weighted by atomic mass is 10.2. The molecule has 178 valence electrons. The second-order valence-electron chi connectivity index (χ2n) is 7.06. The highest BCUT2D eigenvalue weighted by atomic mass is 79.9. The van der Waals surface area contributed by atoms with Crippen molar-refractivity contribution in [2.45, 2.75) is 12.8 Å². The van der Waals surface area contributed by atoms with Gasteiger partial charge in [0, 0.05) is 23.0 Å². The van der Waals surface area contributed by atoms with Gasteiger partial charge in [0.1, 0.15) is 4.32 Å². The Morgan fingerprint density at radius 2 is 1.79 bits per heavy atom. The Hall–Kier alpha value is -2.89. The maximum absolute atomic E-state index is 12.8. The van der Waals surface area contributed by atoms with Crippen molar-refractivity contribution < 1.29 is 23.9 Å². The van der Waals surface area contributed by atoms with Crippen LogP contribution in [0, 0.1) is 0 Å². The Morgan fingerprint density at radius 1 is 1.09 bits per heavy atom. The minimum absolute atomic E-state index is 0.117. The predicted molar refractivity (Wildman–Crippen MR) is 138 cm³/mol. The first-order chi connectivity index (χ1) is 16.3. The van der Waals surface area contributed by atoms with E-state index in [1.165, 1.54) is 16.7 Å². The molecule has 34 heavy (non-hydrogen) atoms. The Bertz CT molecular complexity index is 1140. The molecule has 0 bridgehead atoms. The molecule has 0 atom stereocenters. The first-order valence-corrected chi connectivity index (χ1v) is 12.2. The van der Waals surface area contributed by atoms with E-state index in [1.807, 2.05) is 6.07 Å². The molecule has 2 aromatic carbocycles. The van der Waals surface area contributed by atoms with Gasteiger partial charge in [-0.15, -0.1) is 0 Å². The van der Waals surface area contributed by atoms with Crippen molar-refractivity contribution in [1.82, 2.24) is 15.8 Å². The van der Waals surface area contributed by atoms with Crippen molar-refractivity contribution in [3.63, 3.8) is 0 Å². The van der Waals surface area contributed by atoms with Crippen molar-refractivity contribution in [2.24, 2.45) is 0 Å². The number of hydrazine groups is 1. The maximum atomic E-state index is 12.8. The van der Waals surface area contributed by atoms with Crippen molar-refractivity contribution in [2.75, 3.05) is 20.8 Å². The number of nitrogens with zero attached hydrogens (tertiary/aromatic N) is 1. The van der Waals surface area contributed by atoms with Crippen LogP contribution in [0.5, 0.6) is 11.5 Å². The third kappa shape index (κ3) is 6.58. The topological polar surface area (TPSA) is 97.0 Å². The Balaban J connectivity index is 1.49. The monoisotopic (exact) mass is 563 g/mol. The Kier molecular flexibility index (Phi) is 9.08. The summed E-state index contributed by atoms with van der Waals surface area (Å²) >= 11 is 9.86. The number of carbonyl (C=O) groups is 3. The van der Waals surface area contributed by atoms with Gasteiger partial charge in [0.25, 0.3) is 11.8 Å². The normalized spacial score (nSPS) is 14.3. The number of hydrogen-bond acceptors (Lipinski definition) is 7. The molecule has 1 aliphatic rings. The minimum atomic E-state index is -0.418. The lowest BCUT2D eigenvalue weighted by Crippen LogP contribution is -2.41. The quantitative estimate of drug-likeness (QED) is 0.285. The number of benzene rings is 2. The molecule has 0 radical (unpaired) electrons. The molecule has 3 rings (SSSR count). The number of halogens is 1. The molecule has 1 aliphatic heterocycles. The van der Waals surface area contributed by atoms with Crippen LogP contribution >= 0.6 is 39.9 Å². The lowest BCUT2D eigenvalue weighted by Gasteiger charge is -2.14. The van der Waals surface area contributed by atoms with E-state index in [9.17, 15) is 14.4 Å². The summed E-state index contributed by atoms with van der Waals surface area (Å²) in [5, 5.41) is 0. The van der Waals surface area contributed by atoms with Crippen LogP contribution in [0.15, 0.2) is 51.8 Å². The van der Waals surface area contributed by atoms with Crippen LogP contribution < -0.4 is 20.3 Å². The number of methoxy groups -OCH3 is 2. The van der Waals surface area contributed by atoms with E-state index in [1.54, 1.807) is 56.7 Å². The number of carbonyl (C=O) groups excluding carboxylic acids is 3. The number of hydrogen-bond donors (Lipinski definition) is 2. The van der Waals surface area contributed by atoms with E-state index < -0.39 is 5.91 Å². The van der Waals surface area contributed by atoms with Crippen molar-refractivity contribution in [3.05, 3.63) is 63.0 Å². The van der Waals surface area contributed by atoms with Crippen molar-refractivity contribution in [1.29, 1.82) is 0 Å². The highest BCUT2D eigenvalue weighted by Gasteiger charge is 2.31. The summed E-state index contributed by atoms with van der Waals surface area (Å²) in [5.41, 5.74) is 5.95. The van der Waals surface area contributed by atoms with E-state index in [4.69, 9.17) is 21.7 Å². The summed E-state index contributed by atoms with van der Waals surface area (Å²) in [6, 6.07) is 12.1. The molecule has 1 heterocycles. The van der Waals surface area contributed by atoms with Gasteiger partial charge in [-0.2, -0.15) is 0 Å². The van der Waals surface area contributed by atoms with Crippen molar-refractivity contribution >= 4 is 68.0 Å². The molecule has 2 aromatic rings. The number of rotatable bonds is 8. The molecule has 0 unspecified atom stereocenters. The zero-order chi connectivity index (χ0) is 24.7. The predicted octanol–water partition coefficient (Wildman–Crippen LogP) is 3.91. The molecule has 8 nitrogen and oxygen atoms in total. The van der Waals surface area contributed by atoms with Gasteiger partial charge >= 0.3 is 0 Å². The van der Waals surface area contributed by atoms with Gasteiger partial charge in [0.05, 0.1) is 19.1 Å². The number of nitrogens with one attached hydrogen (secondary N) is 2. The highest BCUT2D eigenvalue weighted by molar-refractivity contribution is 9.10. The third-order valence-corrected chi connectivity index (χ3v) is 6.69. The average Bonchev–Trinajstić information content (AvgIpc) is 3.10. The van der Waals surface area contributed by atoms with Crippen LogP contribution in [0.2, 0.25) is 0 Å². The van der Waals surface area contributed by atoms with Gasteiger partial charge in [-0.05, 0) is 54.5 Å². The lowest BCUT2D eigenvalue weighted by molar-refractivity contribution is -0.124. The first-order valence-electron chi connectivity index (χ1n) is 10.1. The van der Waals surface area contributed by atoms with Crippen LogP contribution in [-0.2, 0) is 9.59 Å². The van der Waals surface area contributed by atoms with E-state index in [-0.39, 0.29) is 18.2 Å². The number of thioether (sulfide) groups is 1. The van der Waals surface area contributed by atoms with Gasteiger partial charge in [0.2, 0.25) is 5.91 Å². The van der Waals surface area contributed by atoms with Crippen LogP contribution in [-0.4, -0.2) is 47.7 Å². The van der Waals surface area contributed by atoms with Crippen LogP contribution in [0.1, 0.15) is 28.8 Å². The SMILES string of the molecule is COc1ccc(C=C2SC(=S)N(CCCC(=O)NNC(=O)c3ccc(Br)cc3)C2=O)cc1OC. The van der Waals surface area contributed by atoms with Crippen LogP contribution in [0.4, 0.5) is 0 Å². The third-order valence-electron chi connectivity index (χ3n) is 4.79. The summed E-state index contributed by atoms with van der Waals surface area (Å²) in [6.45, 7) is 0.294. The summed E-state index contributed by atoms with van der Waals surface area (Å²) in [5.74, 6) is 0.159. The zero-order valence-electron chi connectivity index (χ0n) is 18.4. The second-order valence-corrected chi connectivity index (χ2v) is 9.65. The minimum Gasteiger partial charge on any atom is -0.493 e. The smallest absolute Gasteiger partial charge is 0.269 e. The molecule has 1 fully saturated rings. The number of ether oxygens (including phenoxy) is 2. The van der Waals surface area contributed by atoms with Gasteiger partial charge in [-0.25, -0.2) is 0 Å². The number of thiocarbonyl (C=S) groups is 1. The van der Waals surface area contributed by atoms with E-state index >= 15 is 0 Å². The molecular weight excluding hydrogens is 542 g/mol. The average molecular weight is 564 g/mol. The van der Waals surface area contributed by atoms with E-state index in [2.05, 4.69) is 26.8 Å². The molecule has 0 aromatic heterocycles. The molecule has 3 amide bonds. The maximum Gasteiger partial charge on any atom is 0.269 e. The highest BCUT2D eigenvalue weighted by Crippen LogP contribution is 2.34. The molecule has 1 saturated heterocycles. The van der Waals surface area contributed by atoms with E-state index in [0.29, 0.717) is 39.3 Å². The van der Waals surface area contributed by atoms with Crippen LogP contribution in [0.25, 0.3) is 6.08 Å². The fourth-order valence-electron chi connectivity index (χ4n) is 3.05. The van der Waals surface area contributed by atoms with Gasteiger partial charge in [-0.1, -0.05) is 46.0 Å². The van der Waals surface area contributed by atoms with Gasteiger partial charge < -0.3 is 9.47 Å². The zero-order valence-corrected chi connectivity index (χ0v) is 21.6. The Morgan fingerprint density at radius 3 is 2.47 bits per heavy atom. The summed E-state index contributed by atoms with van der Waals surface area (Å²) in [4.78, 5) is 38.9. The molecule has 11 heteroatoms. The fourth-order valence-corrected chi connectivity index (χ4v) is 4.62. The second kappa shape index (κ2) is 12.0. The summed E-state index contributed by atoms with van der Waals surface area (Å²) in [6.07, 6.45) is 2.24. The molecule has 2 N–H and O–H groups in total. The standard InChI is InChI=1S/C23H22BrN3O5S2/c1-31-17-10-5-14(12-18(17)32-2)13-19-22(30)27(23(33)34-19)11-3-4-20(28)25-26-21(29)15-6-8-16(24)9-7-15/h5-10,12-13H,3-4,11H2,1-2H3,(H,25,28)(H,26,29). The van der Waals surface area contributed by atoms with Crippen molar-refractivity contribution in [3.8, 4) is 11.5 Å². The van der Waals surface area contributed by atoms with Gasteiger partial charge in [0.15, 0.2) is 11.5 Å². The molecule has 0 saturated carbocycles. The van der Waals surface area contributed by atoms with Crippen LogP contribution in [0.3, 0.4) is 0 Å². The largest absolute Gasteiger partial charge is 0.493 e. The summed E-state index contributed by atoms with van der Waals surface area (Å²) < 4.78 is 11.8. The molecule has 0 aliphatic carbocycles. The van der Waals surface area contributed by atoms with Gasteiger partial charge in [-0.3, -0.25) is 30.1 Å². The molecular formula is C23H22BrN3O5S2. The molecule has 0 spiro atoms. The van der Waals surface area contributed by atoms with E-state index in [0.717, 1.165) is 10.0 Å². The Labute approximate surface area is 215 Å².